The van der Waals surface area contributed by atoms with Gasteiger partial charge in [0.15, 0.2) is 0 Å². The van der Waals surface area contributed by atoms with E-state index < -0.39 is 11.8 Å². The molecular formula is C18H19F2N3O2. The summed E-state index contributed by atoms with van der Waals surface area (Å²) in [5.41, 5.74) is -0.713. The fraction of sp³-hybridized carbons (Fsp3) is 0.444. The molecule has 1 aromatic heterocycles. The highest BCUT2D eigenvalue weighted by molar-refractivity contribution is 5.80. The lowest BCUT2D eigenvalue weighted by Gasteiger charge is -2.24. The molecule has 2 aromatic rings. The Kier molecular flexibility index (Phi) is 3.74. The summed E-state index contributed by atoms with van der Waals surface area (Å²) >= 11 is 0. The molecule has 4 rings (SSSR count). The van der Waals surface area contributed by atoms with E-state index in [1.54, 1.807) is 6.07 Å². The van der Waals surface area contributed by atoms with Gasteiger partial charge in [0.25, 0.3) is 0 Å². The lowest BCUT2D eigenvalue weighted by molar-refractivity contribution is 0.145. The number of carbonyl (C=O) groups is 1. The number of anilines is 1. The number of nitrogens with one attached hydrogen (secondary N) is 1. The van der Waals surface area contributed by atoms with Crippen LogP contribution in [0.15, 0.2) is 30.3 Å². The van der Waals surface area contributed by atoms with Crippen molar-refractivity contribution in [2.75, 3.05) is 24.5 Å². The van der Waals surface area contributed by atoms with Crippen LogP contribution in [0.25, 0.3) is 10.9 Å². The van der Waals surface area contributed by atoms with E-state index in [0.717, 1.165) is 16.7 Å². The van der Waals surface area contributed by atoms with Gasteiger partial charge < -0.3 is 15.3 Å². The summed E-state index contributed by atoms with van der Waals surface area (Å²) in [6.45, 7) is 1.28. The van der Waals surface area contributed by atoms with E-state index in [0.29, 0.717) is 25.9 Å². The molecule has 1 aliphatic heterocycles. The average Bonchev–Trinajstić information content (AvgIpc) is 3.08. The first-order valence-corrected chi connectivity index (χ1v) is 8.39. The highest BCUT2D eigenvalue weighted by atomic mass is 19.1. The zero-order chi connectivity index (χ0) is 17.6. The molecule has 1 saturated carbocycles. The molecule has 0 bridgehead atoms. The summed E-state index contributed by atoms with van der Waals surface area (Å²) in [7, 11) is 0. The Morgan fingerprint density at radius 2 is 2.00 bits per heavy atom. The van der Waals surface area contributed by atoms with Crippen LogP contribution in [0.1, 0.15) is 12.8 Å². The van der Waals surface area contributed by atoms with Crippen molar-refractivity contribution in [3.8, 4) is 0 Å². The Balaban J connectivity index is 1.46. The van der Waals surface area contributed by atoms with Gasteiger partial charge >= 0.3 is 6.09 Å². The standard InChI is InChI=1S/C18H19F2N3O2/c19-14-2-3-15-11(5-14)1-4-16(22-15)23-8-12-6-18(20,7-13(12)9-23)10-21-17(24)25/h1-5,12-13,21H,6-10H2,(H,24,25)/t12-,13+,18?. The quantitative estimate of drug-likeness (QED) is 0.895. The van der Waals surface area contributed by atoms with Gasteiger partial charge in [0.05, 0.1) is 12.1 Å². The van der Waals surface area contributed by atoms with Gasteiger partial charge in [-0.1, -0.05) is 0 Å². The molecule has 2 heterocycles. The lowest BCUT2D eigenvalue weighted by Crippen LogP contribution is -2.38. The molecular weight excluding hydrogens is 328 g/mol. The average molecular weight is 347 g/mol. The van der Waals surface area contributed by atoms with Crippen molar-refractivity contribution in [3.05, 3.63) is 36.1 Å². The maximum atomic E-state index is 14.8. The molecule has 2 aliphatic rings. The summed E-state index contributed by atoms with van der Waals surface area (Å²) in [5.74, 6) is 0.936. The first-order chi connectivity index (χ1) is 11.9. The Morgan fingerprint density at radius 3 is 2.68 bits per heavy atom. The molecule has 5 nitrogen and oxygen atoms in total. The Morgan fingerprint density at radius 1 is 1.28 bits per heavy atom. The van der Waals surface area contributed by atoms with Crippen LogP contribution < -0.4 is 10.2 Å². The second-order valence-corrected chi connectivity index (χ2v) is 7.15. The second-order valence-electron chi connectivity index (χ2n) is 7.15. The highest BCUT2D eigenvalue weighted by Crippen LogP contribution is 2.46. The second kappa shape index (κ2) is 5.82. The third-order valence-corrected chi connectivity index (χ3v) is 5.35. The fourth-order valence-corrected chi connectivity index (χ4v) is 4.25. The minimum Gasteiger partial charge on any atom is -0.465 e. The van der Waals surface area contributed by atoms with E-state index in [1.807, 2.05) is 12.1 Å². The SMILES string of the molecule is O=C(O)NCC1(F)C[C@H]2CN(c3ccc4cc(F)ccc4n3)C[C@H]2C1. The molecule has 132 valence electrons. The number of aromatic nitrogens is 1. The number of amides is 1. The molecule has 0 spiro atoms. The van der Waals surface area contributed by atoms with Gasteiger partial charge in [-0.2, -0.15) is 0 Å². The number of halogens is 2. The molecule has 2 fully saturated rings. The predicted octanol–water partition coefficient (Wildman–Crippen LogP) is 3.20. The van der Waals surface area contributed by atoms with E-state index in [4.69, 9.17) is 5.11 Å². The number of pyridine rings is 1. The summed E-state index contributed by atoms with van der Waals surface area (Å²) < 4.78 is 28.0. The smallest absolute Gasteiger partial charge is 0.404 e. The maximum Gasteiger partial charge on any atom is 0.404 e. The van der Waals surface area contributed by atoms with Gasteiger partial charge in [0.1, 0.15) is 17.3 Å². The summed E-state index contributed by atoms with van der Waals surface area (Å²) in [6.07, 6.45) is -0.451. The predicted molar refractivity (Wildman–Crippen MR) is 90.0 cm³/mol. The Hall–Kier alpha value is -2.44. The number of hydrogen-bond acceptors (Lipinski definition) is 3. The molecule has 1 aliphatic carbocycles. The zero-order valence-corrected chi connectivity index (χ0v) is 13.6. The highest BCUT2D eigenvalue weighted by Gasteiger charge is 2.49. The van der Waals surface area contributed by atoms with Crippen molar-refractivity contribution in [2.45, 2.75) is 18.5 Å². The fourth-order valence-electron chi connectivity index (χ4n) is 4.25. The minimum absolute atomic E-state index is 0.144. The number of nitrogens with zero attached hydrogens (tertiary/aromatic N) is 2. The van der Waals surface area contributed by atoms with E-state index >= 15 is 0 Å². The number of fused-ring (bicyclic) bond motifs is 2. The zero-order valence-electron chi connectivity index (χ0n) is 13.6. The normalized spacial score (nSPS) is 28.3. The van der Waals surface area contributed by atoms with Crippen molar-refractivity contribution in [1.29, 1.82) is 0 Å². The van der Waals surface area contributed by atoms with Gasteiger partial charge in [0, 0.05) is 18.5 Å². The Bertz CT molecular complexity index is 815. The van der Waals surface area contributed by atoms with Gasteiger partial charge in [0.2, 0.25) is 0 Å². The lowest BCUT2D eigenvalue weighted by atomic mass is 10.0. The molecule has 1 unspecified atom stereocenters. The molecule has 0 radical (unpaired) electrons. The van der Waals surface area contributed by atoms with Crippen LogP contribution in [0.5, 0.6) is 0 Å². The van der Waals surface area contributed by atoms with Gasteiger partial charge in [-0.15, -0.1) is 0 Å². The topological polar surface area (TPSA) is 65.5 Å². The van der Waals surface area contributed by atoms with Crippen LogP contribution in [0.4, 0.5) is 19.4 Å². The van der Waals surface area contributed by atoms with Gasteiger partial charge in [-0.3, -0.25) is 0 Å². The summed E-state index contributed by atoms with van der Waals surface area (Å²) in [6, 6.07) is 8.24. The summed E-state index contributed by atoms with van der Waals surface area (Å²) in [5, 5.41) is 11.6. The third-order valence-electron chi connectivity index (χ3n) is 5.35. The largest absolute Gasteiger partial charge is 0.465 e. The van der Waals surface area contributed by atoms with Gasteiger partial charge in [-0.05, 0) is 55.0 Å². The van der Waals surface area contributed by atoms with Crippen LogP contribution in [0, 0.1) is 17.7 Å². The number of hydrogen-bond donors (Lipinski definition) is 2. The first-order valence-electron chi connectivity index (χ1n) is 8.39. The first kappa shape index (κ1) is 16.1. The van der Waals surface area contributed by atoms with Crippen molar-refractivity contribution in [2.24, 2.45) is 11.8 Å². The minimum atomic E-state index is -1.45. The van der Waals surface area contributed by atoms with E-state index in [1.165, 1.54) is 12.1 Å². The van der Waals surface area contributed by atoms with Crippen LogP contribution in [0.3, 0.4) is 0 Å². The number of alkyl halides is 1. The van der Waals surface area contributed by atoms with Crippen LogP contribution in [-0.4, -0.2) is 41.5 Å². The molecule has 7 heteroatoms. The van der Waals surface area contributed by atoms with E-state index in [2.05, 4.69) is 15.2 Å². The number of carboxylic acid groups (broad SMARTS) is 1. The molecule has 1 amide bonds. The van der Waals surface area contributed by atoms with E-state index in [-0.39, 0.29) is 24.2 Å². The van der Waals surface area contributed by atoms with Crippen molar-refractivity contribution in [3.63, 3.8) is 0 Å². The van der Waals surface area contributed by atoms with E-state index in [9.17, 15) is 13.6 Å². The molecule has 1 aromatic carbocycles. The third kappa shape index (κ3) is 3.10. The van der Waals surface area contributed by atoms with Crippen molar-refractivity contribution in [1.82, 2.24) is 10.3 Å². The molecule has 2 N–H and O–H groups in total. The van der Waals surface area contributed by atoms with Crippen LogP contribution in [-0.2, 0) is 0 Å². The van der Waals surface area contributed by atoms with Crippen LogP contribution >= 0.6 is 0 Å². The molecule has 25 heavy (non-hydrogen) atoms. The number of benzene rings is 1. The maximum absolute atomic E-state index is 14.8. The molecule has 3 atom stereocenters. The van der Waals surface area contributed by atoms with Crippen LogP contribution in [0.2, 0.25) is 0 Å². The van der Waals surface area contributed by atoms with Gasteiger partial charge in [-0.25, -0.2) is 18.6 Å². The van der Waals surface area contributed by atoms with Crippen molar-refractivity contribution >= 4 is 22.8 Å². The van der Waals surface area contributed by atoms with Crippen molar-refractivity contribution < 1.29 is 18.7 Å². The Labute approximate surface area is 143 Å². The summed E-state index contributed by atoms with van der Waals surface area (Å²) in [4.78, 5) is 17.3. The molecule has 1 saturated heterocycles. The number of rotatable bonds is 3. The monoisotopic (exact) mass is 347 g/mol.